The van der Waals surface area contributed by atoms with Gasteiger partial charge >= 0.3 is 0 Å². The van der Waals surface area contributed by atoms with Gasteiger partial charge in [0.15, 0.2) is 0 Å². The van der Waals surface area contributed by atoms with Crippen LogP contribution in [0.25, 0.3) is 0 Å². The summed E-state index contributed by atoms with van der Waals surface area (Å²) in [7, 11) is 0. The van der Waals surface area contributed by atoms with Gasteiger partial charge in [0.05, 0.1) is 0 Å². The predicted molar refractivity (Wildman–Crippen MR) is 43.4 cm³/mol. The highest BCUT2D eigenvalue weighted by Gasteiger charge is 1.68. The van der Waals surface area contributed by atoms with E-state index >= 15 is 0 Å². The van der Waals surface area contributed by atoms with Gasteiger partial charge in [-0.15, -0.1) is 0 Å². The van der Waals surface area contributed by atoms with Crippen LogP contribution in [0, 0.1) is 0 Å². The Morgan fingerprint density at radius 3 is 2.50 bits per heavy atom. The third-order valence-corrected chi connectivity index (χ3v) is 0.863. The monoisotopic (exact) mass is 135 g/mol. The molecule has 53 valence electrons. The van der Waals surface area contributed by atoms with E-state index in [1.807, 2.05) is 37.3 Å². The standard InChI is InChI=1S/C9H11O/c1-2-3-4-5-6-7-8-9-10/h2-7H,8H2,1H3/b3-2+,5-4+,7-6+. The number of allylic oxidation sites excluding steroid dienone is 6. The van der Waals surface area contributed by atoms with Crippen molar-refractivity contribution >= 4 is 6.29 Å². The lowest BCUT2D eigenvalue weighted by Crippen LogP contribution is -1.62. The summed E-state index contributed by atoms with van der Waals surface area (Å²) in [5.41, 5.74) is 0. The van der Waals surface area contributed by atoms with Crippen LogP contribution in [0.4, 0.5) is 0 Å². The molecule has 0 aliphatic heterocycles. The lowest BCUT2D eigenvalue weighted by molar-refractivity contribution is 0.556. The normalized spacial score (nSPS) is 12.1. The van der Waals surface area contributed by atoms with Gasteiger partial charge in [0.2, 0.25) is 6.29 Å². The van der Waals surface area contributed by atoms with Crippen LogP contribution >= 0.6 is 0 Å². The Morgan fingerprint density at radius 1 is 1.20 bits per heavy atom. The van der Waals surface area contributed by atoms with E-state index in [0.29, 0.717) is 6.42 Å². The van der Waals surface area contributed by atoms with Crippen molar-refractivity contribution in [3.63, 3.8) is 0 Å². The molecule has 1 nitrogen and oxygen atoms in total. The van der Waals surface area contributed by atoms with Crippen LogP contribution in [-0.4, -0.2) is 6.29 Å². The van der Waals surface area contributed by atoms with Crippen molar-refractivity contribution in [2.75, 3.05) is 0 Å². The van der Waals surface area contributed by atoms with E-state index in [1.165, 1.54) is 0 Å². The topological polar surface area (TPSA) is 17.1 Å². The van der Waals surface area contributed by atoms with E-state index in [4.69, 9.17) is 0 Å². The van der Waals surface area contributed by atoms with Crippen molar-refractivity contribution in [1.29, 1.82) is 0 Å². The summed E-state index contributed by atoms with van der Waals surface area (Å²) in [5.74, 6) is 0. The first kappa shape index (κ1) is 8.89. The number of carbonyl (C=O) groups excluding carboxylic acids is 1. The van der Waals surface area contributed by atoms with E-state index < -0.39 is 0 Å². The molecule has 0 aromatic carbocycles. The van der Waals surface area contributed by atoms with Crippen LogP contribution < -0.4 is 0 Å². The molecule has 0 spiro atoms. The fourth-order valence-corrected chi connectivity index (χ4v) is 0.434. The molecule has 0 saturated carbocycles. The quantitative estimate of drug-likeness (QED) is 0.540. The van der Waals surface area contributed by atoms with Crippen molar-refractivity contribution < 1.29 is 4.79 Å². The van der Waals surface area contributed by atoms with E-state index in [1.54, 1.807) is 12.4 Å². The minimum atomic E-state index is 0.375. The van der Waals surface area contributed by atoms with Gasteiger partial charge in [-0.1, -0.05) is 36.5 Å². The van der Waals surface area contributed by atoms with Gasteiger partial charge < -0.3 is 0 Å². The molecule has 0 aliphatic carbocycles. The van der Waals surface area contributed by atoms with E-state index in [0.717, 1.165) is 0 Å². The van der Waals surface area contributed by atoms with Crippen molar-refractivity contribution in [3.8, 4) is 0 Å². The van der Waals surface area contributed by atoms with Crippen molar-refractivity contribution in [2.45, 2.75) is 13.3 Å². The Kier molecular flexibility index (Phi) is 7.01. The first-order valence-electron chi connectivity index (χ1n) is 3.21. The fraction of sp³-hybridized carbons (Fsp3) is 0.222. The summed E-state index contributed by atoms with van der Waals surface area (Å²) in [6.07, 6.45) is 13.4. The zero-order valence-corrected chi connectivity index (χ0v) is 6.08. The predicted octanol–water partition coefficient (Wildman–Crippen LogP) is 2.17. The third-order valence-electron chi connectivity index (χ3n) is 0.863. The van der Waals surface area contributed by atoms with Crippen LogP contribution in [0.2, 0.25) is 0 Å². The van der Waals surface area contributed by atoms with Gasteiger partial charge in [-0.2, -0.15) is 0 Å². The van der Waals surface area contributed by atoms with E-state index in [-0.39, 0.29) is 0 Å². The molecule has 0 aliphatic rings. The van der Waals surface area contributed by atoms with E-state index in [2.05, 4.69) is 0 Å². The summed E-state index contributed by atoms with van der Waals surface area (Å²) >= 11 is 0. The Bertz CT molecular complexity index is 152. The molecule has 1 heteroatoms. The molecule has 10 heavy (non-hydrogen) atoms. The molecule has 0 amide bonds. The minimum absolute atomic E-state index is 0.375. The first-order valence-corrected chi connectivity index (χ1v) is 3.21. The summed E-state index contributed by atoms with van der Waals surface area (Å²) in [5, 5.41) is 0. The van der Waals surface area contributed by atoms with Crippen LogP contribution in [0.3, 0.4) is 0 Å². The summed E-state index contributed by atoms with van der Waals surface area (Å²) in [4.78, 5) is 9.68. The second-order valence-electron chi connectivity index (χ2n) is 1.69. The van der Waals surface area contributed by atoms with Gasteiger partial charge in [0, 0.05) is 6.42 Å². The summed E-state index contributed by atoms with van der Waals surface area (Å²) in [6, 6.07) is 0. The second-order valence-corrected chi connectivity index (χ2v) is 1.69. The van der Waals surface area contributed by atoms with Crippen molar-refractivity contribution in [1.82, 2.24) is 0 Å². The largest absolute Gasteiger partial charge is 0.291 e. The zero-order chi connectivity index (χ0) is 7.66. The summed E-state index contributed by atoms with van der Waals surface area (Å²) < 4.78 is 0. The lowest BCUT2D eigenvalue weighted by Gasteiger charge is -1.72. The van der Waals surface area contributed by atoms with Crippen molar-refractivity contribution in [2.24, 2.45) is 0 Å². The molecule has 0 N–H and O–H groups in total. The first-order chi connectivity index (χ1) is 4.91. The maximum atomic E-state index is 9.68. The van der Waals surface area contributed by atoms with Gasteiger partial charge in [0.25, 0.3) is 0 Å². The average molecular weight is 135 g/mol. The fourth-order valence-electron chi connectivity index (χ4n) is 0.434. The second kappa shape index (κ2) is 7.89. The molecular weight excluding hydrogens is 124 g/mol. The molecule has 0 saturated heterocycles. The van der Waals surface area contributed by atoms with Crippen LogP contribution in [0.1, 0.15) is 13.3 Å². The number of rotatable bonds is 4. The molecule has 0 unspecified atom stereocenters. The van der Waals surface area contributed by atoms with Crippen LogP contribution in [-0.2, 0) is 4.79 Å². The maximum Gasteiger partial charge on any atom is 0.202 e. The van der Waals surface area contributed by atoms with Gasteiger partial charge in [-0.3, -0.25) is 4.79 Å². The SMILES string of the molecule is C/C=C/C=C/C=C/C[C]=O. The van der Waals surface area contributed by atoms with E-state index in [9.17, 15) is 4.79 Å². The van der Waals surface area contributed by atoms with Crippen LogP contribution in [0.5, 0.6) is 0 Å². The molecule has 1 radical (unpaired) electrons. The number of hydrogen-bond acceptors (Lipinski definition) is 1. The molecule has 0 bridgehead atoms. The molecule has 0 fully saturated rings. The molecule has 0 atom stereocenters. The third kappa shape index (κ3) is 6.89. The Balaban J connectivity index is 3.41. The molecule has 0 aromatic rings. The average Bonchev–Trinajstić information content (AvgIpc) is 1.97. The molecular formula is C9H11O. The van der Waals surface area contributed by atoms with Gasteiger partial charge in [-0.25, -0.2) is 0 Å². The van der Waals surface area contributed by atoms with Crippen LogP contribution in [0.15, 0.2) is 36.5 Å². The Morgan fingerprint density at radius 2 is 1.90 bits per heavy atom. The Hall–Kier alpha value is -1.11. The Labute approximate surface area is 61.8 Å². The number of hydrogen-bond donors (Lipinski definition) is 0. The smallest absolute Gasteiger partial charge is 0.202 e. The lowest BCUT2D eigenvalue weighted by atomic mass is 10.3. The van der Waals surface area contributed by atoms with Gasteiger partial charge in [0.1, 0.15) is 0 Å². The highest BCUT2D eigenvalue weighted by molar-refractivity contribution is 5.53. The molecule has 0 heterocycles. The highest BCUT2D eigenvalue weighted by Crippen LogP contribution is 1.81. The molecule has 0 aromatic heterocycles. The van der Waals surface area contributed by atoms with Crippen molar-refractivity contribution in [3.05, 3.63) is 36.5 Å². The maximum absolute atomic E-state index is 9.68. The van der Waals surface area contributed by atoms with Gasteiger partial charge in [-0.05, 0) is 6.92 Å². The zero-order valence-electron chi connectivity index (χ0n) is 6.08. The minimum Gasteiger partial charge on any atom is -0.291 e. The molecule has 0 rings (SSSR count). The summed E-state index contributed by atoms with van der Waals surface area (Å²) in [6.45, 7) is 1.95. The highest BCUT2D eigenvalue weighted by atomic mass is 16.1.